The van der Waals surface area contributed by atoms with E-state index < -0.39 is 6.10 Å². The molecule has 0 aliphatic carbocycles. The van der Waals surface area contributed by atoms with Crippen molar-refractivity contribution in [2.24, 2.45) is 0 Å². The molecule has 0 heterocycles. The zero-order valence-corrected chi connectivity index (χ0v) is 12.3. The summed E-state index contributed by atoms with van der Waals surface area (Å²) < 4.78 is 13.9. The van der Waals surface area contributed by atoms with Crippen LogP contribution in [-0.4, -0.2) is 5.11 Å². The van der Waals surface area contributed by atoms with Crippen molar-refractivity contribution in [1.82, 2.24) is 0 Å². The van der Waals surface area contributed by atoms with Gasteiger partial charge in [-0.25, -0.2) is 4.39 Å². The van der Waals surface area contributed by atoms with Crippen molar-refractivity contribution in [3.05, 3.63) is 69.4 Å². The Bertz CT molecular complexity index is 568. The molecule has 0 aliphatic heterocycles. The van der Waals surface area contributed by atoms with Gasteiger partial charge in [-0.1, -0.05) is 43.7 Å². The van der Waals surface area contributed by atoms with Crippen LogP contribution >= 0.6 is 15.9 Å². The molecule has 0 fully saturated rings. The molecule has 19 heavy (non-hydrogen) atoms. The lowest BCUT2D eigenvalue weighted by Crippen LogP contribution is -2.01. The Kier molecular flexibility index (Phi) is 4.72. The van der Waals surface area contributed by atoms with Gasteiger partial charge in [-0.05, 0) is 51.2 Å². The second kappa shape index (κ2) is 6.31. The van der Waals surface area contributed by atoms with Gasteiger partial charge in [0.25, 0.3) is 0 Å². The first kappa shape index (κ1) is 14.2. The molecule has 1 unspecified atom stereocenters. The number of aliphatic hydroxyl groups excluding tert-OH is 1. The van der Waals surface area contributed by atoms with E-state index in [1.807, 2.05) is 24.3 Å². The standard InChI is InChI=1S/C16H16BrFO/c1-2-4-11-5-3-6-12(9-11)16(19)13-7-8-14(17)15(18)10-13/h3,5-10,16,19H,2,4H2,1H3. The first-order valence-corrected chi connectivity index (χ1v) is 7.13. The lowest BCUT2D eigenvalue weighted by atomic mass is 9.98. The topological polar surface area (TPSA) is 20.2 Å². The molecule has 0 radical (unpaired) electrons. The molecule has 0 saturated heterocycles. The minimum absolute atomic E-state index is 0.360. The fraction of sp³-hybridized carbons (Fsp3) is 0.250. The Hall–Kier alpha value is -1.19. The maximum absolute atomic E-state index is 13.5. The fourth-order valence-corrected chi connectivity index (χ4v) is 2.33. The number of halogens is 2. The summed E-state index contributed by atoms with van der Waals surface area (Å²) in [5.41, 5.74) is 2.55. The van der Waals surface area contributed by atoms with Gasteiger partial charge in [0.15, 0.2) is 0 Å². The van der Waals surface area contributed by atoms with Gasteiger partial charge in [0.1, 0.15) is 11.9 Å². The summed E-state index contributed by atoms with van der Waals surface area (Å²) in [5.74, 6) is -0.360. The third-order valence-corrected chi connectivity index (χ3v) is 3.71. The quantitative estimate of drug-likeness (QED) is 0.870. The van der Waals surface area contributed by atoms with Crippen LogP contribution in [0.15, 0.2) is 46.9 Å². The predicted octanol–water partition coefficient (Wildman–Crippen LogP) is 4.62. The van der Waals surface area contributed by atoms with Crippen LogP contribution in [0.1, 0.15) is 36.1 Å². The molecule has 2 rings (SSSR count). The van der Waals surface area contributed by atoms with Crippen molar-refractivity contribution in [1.29, 1.82) is 0 Å². The second-order valence-electron chi connectivity index (χ2n) is 4.57. The molecule has 0 amide bonds. The molecule has 0 spiro atoms. The fourth-order valence-electron chi connectivity index (χ4n) is 2.08. The number of rotatable bonds is 4. The zero-order valence-electron chi connectivity index (χ0n) is 10.7. The van der Waals surface area contributed by atoms with Gasteiger partial charge in [-0.15, -0.1) is 0 Å². The Morgan fingerprint density at radius 2 is 1.89 bits per heavy atom. The van der Waals surface area contributed by atoms with E-state index in [0.29, 0.717) is 10.0 Å². The molecule has 1 atom stereocenters. The molecule has 2 aromatic rings. The number of benzene rings is 2. The predicted molar refractivity (Wildman–Crippen MR) is 78.6 cm³/mol. The van der Waals surface area contributed by atoms with Crippen LogP contribution in [0.4, 0.5) is 4.39 Å². The van der Waals surface area contributed by atoms with E-state index in [-0.39, 0.29) is 5.82 Å². The molecule has 3 heteroatoms. The Morgan fingerprint density at radius 3 is 2.58 bits per heavy atom. The smallest absolute Gasteiger partial charge is 0.137 e. The summed E-state index contributed by atoms with van der Waals surface area (Å²) in [6, 6.07) is 12.5. The van der Waals surface area contributed by atoms with Crippen molar-refractivity contribution >= 4 is 15.9 Å². The van der Waals surface area contributed by atoms with E-state index in [0.717, 1.165) is 18.4 Å². The third-order valence-electron chi connectivity index (χ3n) is 3.06. The highest BCUT2D eigenvalue weighted by Gasteiger charge is 2.12. The molecule has 0 aliphatic rings. The summed E-state index contributed by atoms with van der Waals surface area (Å²) in [6.07, 6.45) is 1.25. The van der Waals surface area contributed by atoms with E-state index in [1.54, 1.807) is 12.1 Å². The van der Waals surface area contributed by atoms with Gasteiger partial charge < -0.3 is 5.11 Å². The Morgan fingerprint density at radius 1 is 1.16 bits per heavy atom. The monoisotopic (exact) mass is 322 g/mol. The maximum atomic E-state index is 13.5. The molecule has 0 bridgehead atoms. The normalized spacial score (nSPS) is 12.4. The Labute approximate surface area is 121 Å². The van der Waals surface area contributed by atoms with Gasteiger partial charge in [0, 0.05) is 0 Å². The van der Waals surface area contributed by atoms with Gasteiger partial charge in [0.05, 0.1) is 4.47 Å². The van der Waals surface area contributed by atoms with Crippen LogP contribution in [0.3, 0.4) is 0 Å². The molecule has 1 N–H and O–H groups in total. The average molecular weight is 323 g/mol. The summed E-state index contributed by atoms with van der Waals surface area (Å²) in [7, 11) is 0. The minimum Gasteiger partial charge on any atom is -0.384 e. The highest BCUT2D eigenvalue weighted by molar-refractivity contribution is 9.10. The van der Waals surface area contributed by atoms with E-state index in [9.17, 15) is 9.50 Å². The largest absolute Gasteiger partial charge is 0.384 e. The van der Waals surface area contributed by atoms with Crippen molar-refractivity contribution in [3.63, 3.8) is 0 Å². The van der Waals surface area contributed by atoms with Crippen LogP contribution < -0.4 is 0 Å². The van der Waals surface area contributed by atoms with Crippen molar-refractivity contribution in [3.8, 4) is 0 Å². The molecule has 0 saturated carbocycles. The lowest BCUT2D eigenvalue weighted by molar-refractivity contribution is 0.219. The molecule has 100 valence electrons. The van der Waals surface area contributed by atoms with E-state index in [1.165, 1.54) is 11.6 Å². The van der Waals surface area contributed by atoms with E-state index in [4.69, 9.17) is 0 Å². The zero-order chi connectivity index (χ0) is 13.8. The average Bonchev–Trinajstić information content (AvgIpc) is 2.42. The molecule has 2 aromatic carbocycles. The van der Waals surface area contributed by atoms with Crippen LogP contribution in [0.25, 0.3) is 0 Å². The van der Waals surface area contributed by atoms with Gasteiger partial charge in [-0.2, -0.15) is 0 Å². The number of hydrogen-bond acceptors (Lipinski definition) is 1. The highest BCUT2D eigenvalue weighted by Crippen LogP contribution is 2.26. The summed E-state index contributed by atoms with van der Waals surface area (Å²) in [5, 5.41) is 10.3. The molecule has 1 nitrogen and oxygen atoms in total. The van der Waals surface area contributed by atoms with Crippen LogP contribution in [0, 0.1) is 5.82 Å². The Balaban J connectivity index is 2.29. The van der Waals surface area contributed by atoms with Gasteiger partial charge >= 0.3 is 0 Å². The van der Waals surface area contributed by atoms with Crippen LogP contribution in [0.2, 0.25) is 0 Å². The summed E-state index contributed by atoms with van der Waals surface area (Å²) >= 11 is 3.11. The van der Waals surface area contributed by atoms with Crippen LogP contribution in [0.5, 0.6) is 0 Å². The van der Waals surface area contributed by atoms with Crippen molar-refractivity contribution < 1.29 is 9.50 Å². The minimum atomic E-state index is -0.792. The molecular weight excluding hydrogens is 307 g/mol. The maximum Gasteiger partial charge on any atom is 0.137 e. The first-order chi connectivity index (χ1) is 9.11. The van der Waals surface area contributed by atoms with E-state index in [2.05, 4.69) is 22.9 Å². The third kappa shape index (κ3) is 3.43. The molecule has 0 aromatic heterocycles. The number of aliphatic hydroxyl groups is 1. The molecular formula is C16H16BrFO. The number of hydrogen-bond donors (Lipinski definition) is 1. The highest BCUT2D eigenvalue weighted by atomic mass is 79.9. The van der Waals surface area contributed by atoms with Gasteiger partial charge in [-0.3, -0.25) is 0 Å². The van der Waals surface area contributed by atoms with Crippen LogP contribution in [-0.2, 0) is 6.42 Å². The first-order valence-electron chi connectivity index (χ1n) is 6.33. The summed E-state index contributed by atoms with van der Waals surface area (Å²) in [6.45, 7) is 2.12. The SMILES string of the molecule is CCCc1cccc(C(O)c2ccc(Br)c(F)c2)c1. The van der Waals surface area contributed by atoms with Gasteiger partial charge in [0.2, 0.25) is 0 Å². The summed E-state index contributed by atoms with van der Waals surface area (Å²) in [4.78, 5) is 0. The lowest BCUT2D eigenvalue weighted by Gasteiger charge is -2.13. The van der Waals surface area contributed by atoms with Crippen molar-refractivity contribution in [2.75, 3.05) is 0 Å². The second-order valence-corrected chi connectivity index (χ2v) is 5.43. The van der Waals surface area contributed by atoms with Crippen molar-refractivity contribution in [2.45, 2.75) is 25.9 Å². The number of aryl methyl sites for hydroxylation is 1. The van der Waals surface area contributed by atoms with E-state index >= 15 is 0 Å².